The van der Waals surface area contributed by atoms with Gasteiger partial charge in [-0.2, -0.15) is 4.52 Å². The first-order chi connectivity index (χ1) is 9.02. The van der Waals surface area contributed by atoms with E-state index < -0.39 is 10.8 Å². The van der Waals surface area contributed by atoms with E-state index in [4.69, 9.17) is 0 Å². The molecule has 2 aromatic heterocycles. The van der Waals surface area contributed by atoms with Gasteiger partial charge in [-0.3, -0.25) is 4.21 Å². The number of nitrogens with zero attached hydrogens (tertiary/aromatic N) is 5. The van der Waals surface area contributed by atoms with E-state index in [-0.39, 0.29) is 6.04 Å². The van der Waals surface area contributed by atoms with Gasteiger partial charge in [0.25, 0.3) is 0 Å². The highest BCUT2D eigenvalue weighted by molar-refractivity contribution is 7.84. The van der Waals surface area contributed by atoms with Crippen molar-refractivity contribution in [2.24, 2.45) is 0 Å². The second-order valence-corrected chi connectivity index (χ2v) is 6.11. The molecule has 0 saturated heterocycles. The Hall–Kier alpha value is -1.50. The predicted octanol–water partition coefficient (Wildman–Crippen LogP) is 0.890. The Bertz CT molecular complexity index is 597. The molecule has 19 heavy (non-hydrogen) atoms. The molecular formula is C12H19N5OS. The molecule has 0 aliphatic heterocycles. The van der Waals surface area contributed by atoms with Gasteiger partial charge >= 0.3 is 0 Å². The van der Waals surface area contributed by atoms with Gasteiger partial charge in [-0.25, -0.2) is 0 Å². The predicted molar refractivity (Wildman–Crippen MR) is 77.0 cm³/mol. The first-order valence-corrected chi connectivity index (χ1v) is 7.99. The van der Waals surface area contributed by atoms with E-state index in [0.717, 1.165) is 23.7 Å². The quantitative estimate of drug-likeness (QED) is 0.814. The molecule has 104 valence electrons. The van der Waals surface area contributed by atoms with Crippen LogP contribution >= 0.6 is 0 Å². The number of anilines is 1. The first-order valence-electron chi connectivity index (χ1n) is 6.27. The minimum atomic E-state index is -0.816. The standard InChI is InChI=1S/C12H19N5OS/c1-5-10-13-14-11-6-7-12(15-17(10)11)16(3)9(2)8-19(4)18/h6-7,9H,5,8H2,1-4H3/t9-,19+/m1/s1. The molecule has 2 aromatic rings. The number of rotatable bonds is 5. The van der Waals surface area contributed by atoms with Gasteiger partial charge in [0.2, 0.25) is 0 Å². The Kier molecular flexibility index (Phi) is 4.14. The fraction of sp³-hybridized carbons (Fsp3) is 0.583. The summed E-state index contributed by atoms with van der Waals surface area (Å²) in [6.07, 6.45) is 2.51. The minimum absolute atomic E-state index is 0.164. The first kappa shape index (κ1) is 13.9. The summed E-state index contributed by atoms with van der Waals surface area (Å²) in [6, 6.07) is 3.98. The molecule has 0 aliphatic carbocycles. The third kappa shape index (κ3) is 2.91. The second-order valence-electron chi connectivity index (χ2n) is 4.63. The van der Waals surface area contributed by atoms with Crippen LogP contribution in [0.2, 0.25) is 0 Å². The normalized spacial score (nSPS) is 14.5. The zero-order chi connectivity index (χ0) is 14.0. The molecule has 0 fully saturated rings. The van der Waals surface area contributed by atoms with Crippen molar-refractivity contribution in [1.29, 1.82) is 0 Å². The van der Waals surface area contributed by atoms with Crippen LogP contribution in [0.25, 0.3) is 5.65 Å². The van der Waals surface area contributed by atoms with E-state index in [2.05, 4.69) is 15.3 Å². The van der Waals surface area contributed by atoms with Gasteiger partial charge in [0, 0.05) is 42.3 Å². The second kappa shape index (κ2) is 5.64. The molecule has 0 spiro atoms. The van der Waals surface area contributed by atoms with Crippen molar-refractivity contribution >= 4 is 22.3 Å². The minimum Gasteiger partial charge on any atom is -0.355 e. The molecule has 2 atom stereocenters. The number of hydrogen-bond donors (Lipinski definition) is 0. The summed E-state index contributed by atoms with van der Waals surface area (Å²) < 4.78 is 13.1. The van der Waals surface area contributed by atoms with Gasteiger partial charge in [-0.1, -0.05) is 6.92 Å². The molecule has 0 N–H and O–H groups in total. The molecule has 0 amide bonds. The van der Waals surface area contributed by atoms with Crippen LogP contribution in [0.3, 0.4) is 0 Å². The lowest BCUT2D eigenvalue weighted by Gasteiger charge is -2.25. The van der Waals surface area contributed by atoms with E-state index >= 15 is 0 Å². The van der Waals surface area contributed by atoms with Crippen molar-refractivity contribution < 1.29 is 4.21 Å². The molecule has 0 aromatic carbocycles. The zero-order valence-corrected chi connectivity index (χ0v) is 12.5. The Morgan fingerprint density at radius 1 is 1.42 bits per heavy atom. The summed E-state index contributed by atoms with van der Waals surface area (Å²) in [5.74, 6) is 2.30. The van der Waals surface area contributed by atoms with Crippen molar-refractivity contribution in [2.45, 2.75) is 26.3 Å². The van der Waals surface area contributed by atoms with Crippen LogP contribution in [0.1, 0.15) is 19.7 Å². The SMILES string of the molecule is CCc1nnc2ccc(N(C)[C@H](C)C[S@](C)=O)nn12. The Morgan fingerprint density at radius 2 is 2.16 bits per heavy atom. The molecule has 7 heteroatoms. The van der Waals surface area contributed by atoms with Crippen LogP contribution in [0.5, 0.6) is 0 Å². The molecule has 0 radical (unpaired) electrons. The Balaban J connectivity index is 2.31. The van der Waals surface area contributed by atoms with Crippen LogP contribution in [0.4, 0.5) is 5.82 Å². The molecule has 2 rings (SSSR count). The third-order valence-electron chi connectivity index (χ3n) is 3.13. The Morgan fingerprint density at radius 3 is 2.79 bits per heavy atom. The lowest BCUT2D eigenvalue weighted by Crippen LogP contribution is -2.34. The number of fused-ring (bicyclic) bond motifs is 1. The molecule has 0 saturated carbocycles. The summed E-state index contributed by atoms with van der Waals surface area (Å²) in [6.45, 7) is 4.07. The van der Waals surface area contributed by atoms with Crippen molar-refractivity contribution in [3.05, 3.63) is 18.0 Å². The van der Waals surface area contributed by atoms with Crippen molar-refractivity contribution in [2.75, 3.05) is 24.0 Å². The molecule has 2 heterocycles. The zero-order valence-electron chi connectivity index (χ0n) is 11.7. The van der Waals surface area contributed by atoms with Crippen molar-refractivity contribution in [3.8, 4) is 0 Å². The maximum atomic E-state index is 11.3. The van der Waals surface area contributed by atoms with Crippen LogP contribution in [0, 0.1) is 0 Å². The van der Waals surface area contributed by atoms with E-state index in [9.17, 15) is 4.21 Å². The van der Waals surface area contributed by atoms with Gasteiger partial charge in [-0.05, 0) is 19.1 Å². The molecule has 0 aliphatic rings. The summed E-state index contributed by atoms with van der Waals surface area (Å²) in [5.41, 5.74) is 0.751. The smallest absolute Gasteiger partial charge is 0.178 e. The summed E-state index contributed by atoms with van der Waals surface area (Å²) in [7, 11) is 1.14. The van der Waals surface area contributed by atoms with Gasteiger partial charge in [0.1, 0.15) is 5.82 Å². The average molecular weight is 281 g/mol. The number of aromatic nitrogens is 4. The van der Waals surface area contributed by atoms with Crippen LogP contribution in [-0.4, -0.2) is 49.1 Å². The van der Waals surface area contributed by atoms with Crippen molar-refractivity contribution in [1.82, 2.24) is 19.8 Å². The molecular weight excluding hydrogens is 262 g/mol. The van der Waals surface area contributed by atoms with E-state index in [0.29, 0.717) is 5.75 Å². The fourth-order valence-corrected chi connectivity index (χ4v) is 2.81. The third-order valence-corrected chi connectivity index (χ3v) is 4.08. The Labute approximate surface area is 115 Å². The topological polar surface area (TPSA) is 63.4 Å². The van der Waals surface area contributed by atoms with Crippen LogP contribution in [-0.2, 0) is 17.2 Å². The van der Waals surface area contributed by atoms with E-state index in [1.54, 1.807) is 10.8 Å². The maximum Gasteiger partial charge on any atom is 0.178 e. The van der Waals surface area contributed by atoms with Gasteiger partial charge in [0.05, 0.1) is 0 Å². The lowest BCUT2D eigenvalue weighted by molar-refractivity contribution is 0.671. The van der Waals surface area contributed by atoms with Gasteiger partial charge < -0.3 is 4.90 Å². The number of aryl methyl sites for hydroxylation is 1. The van der Waals surface area contributed by atoms with Crippen LogP contribution in [0.15, 0.2) is 12.1 Å². The fourth-order valence-electron chi connectivity index (χ4n) is 1.91. The average Bonchev–Trinajstić information content (AvgIpc) is 2.78. The largest absolute Gasteiger partial charge is 0.355 e. The van der Waals surface area contributed by atoms with Gasteiger partial charge in [-0.15, -0.1) is 15.3 Å². The highest BCUT2D eigenvalue weighted by atomic mass is 32.2. The number of hydrogen-bond acceptors (Lipinski definition) is 5. The highest BCUT2D eigenvalue weighted by Crippen LogP contribution is 2.14. The summed E-state index contributed by atoms with van der Waals surface area (Å²) in [4.78, 5) is 2.03. The molecule has 0 unspecified atom stereocenters. The molecule has 6 nitrogen and oxygen atoms in total. The van der Waals surface area contributed by atoms with Crippen molar-refractivity contribution in [3.63, 3.8) is 0 Å². The lowest BCUT2D eigenvalue weighted by atomic mass is 10.3. The van der Waals surface area contributed by atoms with E-state index in [1.807, 2.05) is 37.9 Å². The summed E-state index contributed by atoms with van der Waals surface area (Å²) >= 11 is 0. The van der Waals surface area contributed by atoms with Crippen LogP contribution < -0.4 is 4.90 Å². The summed E-state index contributed by atoms with van der Waals surface area (Å²) in [5, 5.41) is 12.7. The van der Waals surface area contributed by atoms with E-state index in [1.165, 1.54) is 0 Å². The molecule has 0 bridgehead atoms. The van der Waals surface area contributed by atoms with Gasteiger partial charge in [0.15, 0.2) is 11.5 Å². The monoisotopic (exact) mass is 281 g/mol. The highest BCUT2D eigenvalue weighted by Gasteiger charge is 2.14. The maximum absolute atomic E-state index is 11.3.